The lowest BCUT2D eigenvalue weighted by Gasteiger charge is -2.42. The lowest BCUT2D eigenvalue weighted by Crippen LogP contribution is -2.48. The predicted molar refractivity (Wildman–Crippen MR) is 126 cm³/mol. The molecular formula is C26H37N5. The number of piperidine rings is 2. The summed E-state index contributed by atoms with van der Waals surface area (Å²) in [5.74, 6) is 3.06. The molecule has 0 amide bonds. The summed E-state index contributed by atoms with van der Waals surface area (Å²) in [4.78, 5) is 17.7. The zero-order valence-corrected chi connectivity index (χ0v) is 19.3. The van der Waals surface area contributed by atoms with Crippen molar-refractivity contribution >= 4 is 5.82 Å². The van der Waals surface area contributed by atoms with Crippen molar-refractivity contribution in [2.45, 2.75) is 65.1 Å². The van der Waals surface area contributed by atoms with E-state index in [1.54, 1.807) is 0 Å². The molecular weight excluding hydrogens is 382 g/mol. The summed E-state index contributed by atoms with van der Waals surface area (Å²) >= 11 is 0. The Morgan fingerprint density at radius 1 is 0.903 bits per heavy atom. The molecule has 2 aromatic rings. The molecule has 2 saturated heterocycles. The summed E-state index contributed by atoms with van der Waals surface area (Å²) in [7, 11) is 0. The van der Waals surface area contributed by atoms with Gasteiger partial charge < -0.3 is 9.80 Å². The molecule has 0 aliphatic carbocycles. The average molecular weight is 420 g/mol. The molecule has 3 aliphatic rings. The Morgan fingerprint density at radius 3 is 2.39 bits per heavy atom. The zero-order chi connectivity index (χ0) is 21.2. The average Bonchev–Trinajstić information content (AvgIpc) is 2.80. The number of rotatable bonds is 4. The van der Waals surface area contributed by atoms with Crippen LogP contribution in [0.15, 0.2) is 30.3 Å². The second kappa shape index (κ2) is 9.25. The first-order valence-corrected chi connectivity index (χ1v) is 12.3. The van der Waals surface area contributed by atoms with Crippen molar-refractivity contribution in [3.05, 3.63) is 53.0 Å². The first kappa shape index (κ1) is 20.9. The van der Waals surface area contributed by atoms with E-state index < -0.39 is 0 Å². The molecule has 0 atom stereocenters. The molecule has 0 spiro atoms. The van der Waals surface area contributed by atoms with E-state index in [9.17, 15) is 0 Å². The van der Waals surface area contributed by atoms with Crippen molar-refractivity contribution in [1.29, 1.82) is 0 Å². The van der Waals surface area contributed by atoms with Gasteiger partial charge in [-0.2, -0.15) is 0 Å². The van der Waals surface area contributed by atoms with Gasteiger partial charge in [-0.25, -0.2) is 9.97 Å². The van der Waals surface area contributed by atoms with Crippen LogP contribution in [0.25, 0.3) is 0 Å². The van der Waals surface area contributed by atoms with Crippen LogP contribution in [0.2, 0.25) is 0 Å². The molecule has 4 heterocycles. The molecule has 1 aromatic heterocycles. The first-order valence-electron chi connectivity index (χ1n) is 12.3. The van der Waals surface area contributed by atoms with Crippen LogP contribution in [0.5, 0.6) is 0 Å². The Kier molecular flexibility index (Phi) is 6.24. The highest BCUT2D eigenvalue weighted by molar-refractivity contribution is 5.51. The van der Waals surface area contributed by atoms with Crippen molar-refractivity contribution in [2.24, 2.45) is 5.92 Å². The Bertz CT molecular complexity index is 867. The molecule has 2 fully saturated rings. The maximum Gasteiger partial charge on any atom is 0.135 e. The lowest BCUT2D eigenvalue weighted by molar-refractivity contribution is 0.120. The second-order valence-corrected chi connectivity index (χ2v) is 9.90. The number of benzene rings is 1. The van der Waals surface area contributed by atoms with E-state index in [1.165, 1.54) is 61.4 Å². The van der Waals surface area contributed by atoms with Gasteiger partial charge in [0.2, 0.25) is 0 Å². The molecule has 3 aliphatic heterocycles. The maximum atomic E-state index is 4.95. The molecule has 0 unspecified atom stereocenters. The minimum Gasteiger partial charge on any atom is -0.356 e. The van der Waals surface area contributed by atoms with Crippen LogP contribution in [0.1, 0.15) is 55.3 Å². The predicted octanol–water partition coefficient (Wildman–Crippen LogP) is 4.04. The fraction of sp³-hybridized carbons (Fsp3) is 0.615. The minimum atomic E-state index is 0.767. The van der Waals surface area contributed by atoms with Crippen LogP contribution < -0.4 is 4.90 Å². The monoisotopic (exact) mass is 419 g/mol. The van der Waals surface area contributed by atoms with Gasteiger partial charge in [-0.1, -0.05) is 37.3 Å². The third kappa shape index (κ3) is 4.78. The smallest absolute Gasteiger partial charge is 0.135 e. The third-order valence-corrected chi connectivity index (χ3v) is 7.58. The Labute approximate surface area is 187 Å². The highest BCUT2D eigenvalue weighted by Gasteiger charge is 2.30. The van der Waals surface area contributed by atoms with Crippen molar-refractivity contribution in [1.82, 2.24) is 19.8 Å². The summed E-state index contributed by atoms with van der Waals surface area (Å²) in [6, 6.07) is 11.6. The van der Waals surface area contributed by atoms with Gasteiger partial charge in [-0.15, -0.1) is 0 Å². The van der Waals surface area contributed by atoms with Crippen LogP contribution in [-0.2, 0) is 19.5 Å². The number of aryl methyl sites for hydroxylation is 1. The van der Waals surface area contributed by atoms with Crippen LogP contribution >= 0.6 is 0 Å². The van der Waals surface area contributed by atoms with E-state index in [-0.39, 0.29) is 0 Å². The summed E-state index contributed by atoms with van der Waals surface area (Å²) in [5, 5.41) is 0. The number of fused-ring (bicyclic) bond motifs is 1. The van der Waals surface area contributed by atoms with Gasteiger partial charge in [0.25, 0.3) is 0 Å². The largest absolute Gasteiger partial charge is 0.356 e. The first-order chi connectivity index (χ1) is 15.2. The zero-order valence-electron chi connectivity index (χ0n) is 19.3. The van der Waals surface area contributed by atoms with Crippen molar-refractivity contribution in [3.63, 3.8) is 0 Å². The number of hydrogen-bond donors (Lipinski definition) is 0. The van der Waals surface area contributed by atoms with E-state index in [0.29, 0.717) is 0 Å². The van der Waals surface area contributed by atoms with Gasteiger partial charge in [0.05, 0.1) is 5.69 Å². The summed E-state index contributed by atoms with van der Waals surface area (Å²) < 4.78 is 0. The normalized spacial score (nSPS) is 21.9. The van der Waals surface area contributed by atoms with Gasteiger partial charge in [-0.3, -0.25) is 4.90 Å². The Morgan fingerprint density at radius 2 is 1.65 bits per heavy atom. The van der Waals surface area contributed by atoms with E-state index >= 15 is 0 Å². The Hall–Kier alpha value is -1.98. The molecule has 0 radical (unpaired) electrons. The molecule has 5 nitrogen and oxygen atoms in total. The standard InChI is InChI=1S/C26H37N5/c1-20-8-14-30(15-9-20)23-10-16-31(17-11-23)26-24-12-13-29(18-22-6-4-3-5-7-22)19-25(24)27-21(2)28-26/h3-7,20,23H,8-19H2,1-2H3. The molecule has 5 rings (SSSR count). The van der Waals surface area contributed by atoms with E-state index in [2.05, 4.69) is 58.9 Å². The SMILES string of the molecule is Cc1nc2c(c(N3CCC(N4CCC(C)CC4)CC3)n1)CCN(Cc1ccccc1)C2. The highest BCUT2D eigenvalue weighted by atomic mass is 15.2. The highest BCUT2D eigenvalue weighted by Crippen LogP contribution is 2.31. The number of aromatic nitrogens is 2. The quantitative estimate of drug-likeness (QED) is 0.747. The van der Waals surface area contributed by atoms with Gasteiger partial charge in [0.1, 0.15) is 11.6 Å². The molecule has 0 bridgehead atoms. The Balaban J connectivity index is 1.25. The molecule has 0 saturated carbocycles. The minimum absolute atomic E-state index is 0.767. The third-order valence-electron chi connectivity index (χ3n) is 7.58. The van der Waals surface area contributed by atoms with E-state index in [0.717, 1.165) is 56.9 Å². The molecule has 5 heteroatoms. The number of hydrogen-bond acceptors (Lipinski definition) is 5. The molecule has 31 heavy (non-hydrogen) atoms. The fourth-order valence-electron chi connectivity index (χ4n) is 5.66. The number of nitrogens with zero attached hydrogens (tertiary/aromatic N) is 5. The number of anilines is 1. The molecule has 166 valence electrons. The van der Waals surface area contributed by atoms with Crippen molar-refractivity contribution in [3.8, 4) is 0 Å². The summed E-state index contributed by atoms with van der Waals surface area (Å²) in [6.07, 6.45) is 6.34. The fourth-order valence-corrected chi connectivity index (χ4v) is 5.66. The van der Waals surface area contributed by atoms with Gasteiger partial charge in [0, 0.05) is 44.3 Å². The van der Waals surface area contributed by atoms with Crippen molar-refractivity contribution < 1.29 is 0 Å². The van der Waals surface area contributed by atoms with E-state index in [1.807, 2.05) is 0 Å². The number of likely N-dealkylation sites (tertiary alicyclic amines) is 1. The maximum absolute atomic E-state index is 4.95. The van der Waals surface area contributed by atoms with Gasteiger partial charge >= 0.3 is 0 Å². The lowest BCUT2D eigenvalue weighted by atomic mass is 9.94. The summed E-state index contributed by atoms with van der Waals surface area (Å²) in [6.45, 7) is 12.3. The van der Waals surface area contributed by atoms with Crippen LogP contribution in [0.3, 0.4) is 0 Å². The van der Waals surface area contributed by atoms with Crippen LogP contribution in [0, 0.1) is 12.8 Å². The van der Waals surface area contributed by atoms with Gasteiger partial charge in [-0.05, 0) is 63.6 Å². The van der Waals surface area contributed by atoms with Crippen LogP contribution in [-0.4, -0.2) is 58.5 Å². The molecule has 1 aromatic carbocycles. The van der Waals surface area contributed by atoms with Crippen LogP contribution in [0.4, 0.5) is 5.82 Å². The van der Waals surface area contributed by atoms with E-state index in [4.69, 9.17) is 9.97 Å². The van der Waals surface area contributed by atoms with Crippen molar-refractivity contribution in [2.75, 3.05) is 37.6 Å². The second-order valence-electron chi connectivity index (χ2n) is 9.90. The summed E-state index contributed by atoms with van der Waals surface area (Å²) in [5.41, 5.74) is 4.03. The van der Waals surface area contributed by atoms with Gasteiger partial charge in [0.15, 0.2) is 0 Å². The molecule has 0 N–H and O–H groups in total. The topological polar surface area (TPSA) is 35.5 Å².